The van der Waals surface area contributed by atoms with Crippen molar-refractivity contribution in [3.63, 3.8) is 0 Å². The Labute approximate surface area is 478 Å². The summed E-state index contributed by atoms with van der Waals surface area (Å²) in [6, 6.07) is 28.2. The molecule has 6 N–H and O–H groups in total. The van der Waals surface area contributed by atoms with Crippen LogP contribution in [0.15, 0.2) is 103 Å². The van der Waals surface area contributed by atoms with Gasteiger partial charge in [-0.3, -0.25) is 34.0 Å². The van der Waals surface area contributed by atoms with Crippen molar-refractivity contribution in [2.24, 2.45) is 5.41 Å². The fraction of sp³-hybridized carbons (Fsp3) is 0.426. The van der Waals surface area contributed by atoms with Crippen LogP contribution >= 0.6 is 11.3 Å². The lowest BCUT2D eigenvalue weighted by Crippen LogP contribution is -2.58. The van der Waals surface area contributed by atoms with Crippen LogP contribution in [0.2, 0.25) is 0 Å². The SMILES string of the molecule is COc1cc(CCc2cc(NC(=O)c3ccc(N4C[C@@H](C)N(CC(=O)NCCc5ccc(OCC(=O)N[C@H](C(=O)N6C[C@H](O)C[C@H]6C(=O)N[C@@H](C)c6ccc(-c7scnc7C)cc6)C(C)(C)C)cc5)[C@@H](C)C4)cc3)n[nH]2)cc(OC)c1. The highest BCUT2D eigenvalue weighted by Crippen LogP contribution is 2.31. The highest BCUT2D eigenvalue weighted by atomic mass is 32.1. The van der Waals surface area contributed by atoms with E-state index in [-0.39, 0.29) is 62.0 Å². The molecule has 8 rings (SSSR count). The number of aliphatic hydroxyl groups excluding tert-OH is 1. The Bertz CT molecular complexity index is 3090. The van der Waals surface area contributed by atoms with Gasteiger partial charge in [-0.25, -0.2) is 4.98 Å². The van der Waals surface area contributed by atoms with Gasteiger partial charge < -0.3 is 50.4 Å². The van der Waals surface area contributed by atoms with Gasteiger partial charge in [0.1, 0.15) is 29.3 Å². The third kappa shape index (κ3) is 15.6. The normalized spacial score (nSPS) is 18.1. The first kappa shape index (κ1) is 59.3. The lowest BCUT2D eigenvalue weighted by atomic mass is 9.85. The molecule has 20 heteroatoms. The summed E-state index contributed by atoms with van der Waals surface area (Å²) in [5.41, 5.74) is 8.39. The fourth-order valence-corrected chi connectivity index (χ4v) is 11.2. The maximum absolute atomic E-state index is 14.2. The number of nitrogens with one attached hydrogen (secondary N) is 5. The molecule has 0 bridgehead atoms. The van der Waals surface area contributed by atoms with Crippen molar-refractivity contribution in [1.29, 1.82) is 0 Å². The zero-order valence-corrected chi connectivity index (χ0v) is 48.5. The highest BCUT2D eigenvalue weighted by molar-refractivity contribution is 7.13. The molecule has 0 radical (unpaired) electrons. The summed E-state index contributed by atoms with van der Waals surface area (Å²) in [6.07, 6.45) is 1.18. The average molecular weight is 1130 g/mol. The van der Waals surface area contributed by atoms with E-state index in [0.29, 0.717) is 49.6 Å². The first-order valence-corrected chi connectivity index (χ1v) is 28.4. The number of thiazole rings is 1. The molecule has 6 aromatic rings. The lowest BCUT2D eigenvalue weighted by molar-refractivity contribution is -0.144. The van der Waals surface area contributed by atoms with Gasteiger partial charge in [0.25, 0.3) is 11.8 Å². The number of anilines is 2. The van der Waals surface area contributed by atoms with E-state index < -0.39 is 35.4 Å². The second-order valence-corrected chi connectivity index (χ2v) is 23.0. The van der Waals surface area contributed by atoms with Crippen LogP contribution < -0.4 is 40.4 Å². The standard InChI is InChI=1S/C61H76N10O9S/c1-37-31-69(47-20-17-45(18-21-47)58(75)65-53-28-46(67-68-53)19-10-42-26-50(78-8)30-51(27-42)79-9)32-38(2)70(37)34-54(73)62-25-24-41-11-22-49(23-12-41)80-35-55(74)66-57(61(5,6)7)60(77)71-33-48(72)29-52(71)59(76)64-39(3)43-13-15-44(16-14-43)56-40(4)63-36-81-56/h11-18,20-23,26-28,30,36-39,48,52,57,72H,10,19,24-25,29,31-35H2,1-9H3,(H,62,73)(H,64,76)(H,66,74)(H2,65,67,68,75)/t37-,38+,39-,48+,52-,57+/m0/s1. The molecule has 430 valence electrons. The van der Waals surface area contributed by atoms with Crippen LogP contribution in [0, 0.1) is 12.3 Å². The molecule has 0 spiro atoms. The van der Waals surface area contributed by atoms with Gasteiger partial charge in [-0.15, -0.1) is 11.3 Å². The van der Waals surface area contributed by atoms with E-state index in [1.165, 1.54) is 4.90 Å². The number of carbonyl (C=O) groups is 5. The van der Waals surface area contributed by atoms with Gasteiger partial charge in [0.15, 0.2) is 12.4 Å². The molecule has 2 fully saturated rings. The monoisotopic (exact) mass is 1120 g/mol. The van der Waals surface area contributed by atoms with E-state index >= 15 is 0 Å². The summed E-state index contributed by atoms with van der Waals surface area (Å²) in [5.74, 6) is 0.686. The first-order valence-electron chi connectivity index (χ1n) is 27.5. The second kappa shape index (κ2) is 26.6. The molecule has 4 heterocycles. The predicted octanol–water partition coefficient (Wildman–Crippen LogP) is 6.90. The number of H-pyrrole nitrogens is 1. The molecule has 2 aliphatic heterocycles. The molecule has 81 heavy (non-hydrogen) atoms. The van der Waals surface area contributed by atoms with Crippen LogP contribution in [-0.4, -0.2) is 143 Å². The number of hydrogen-bond acceptors (Lipinski definition) is 14. The van der Waals surface area contributed by atoms with Gasteiger partial charge in [0.2, 0.25) is 17.7 Å². The Hall–Kier alpha value is -7.81. The Balaban J connectivity index is 0.737. The topological polar surface area (TPSA) is 233 Å². The van der Waals surface area contributed by atoms with Crippen molar-refractivity contribution in [2.45, 2.75) is 110 Å². The van der Waals surface area contributed by atoms with Crippen molar-refractivity contribution < 1.29 is 43.3 Å². The summed E-state index contributed by atoms with van der Waals surface area (Å²) < 4.78 is 16.6. The van der Waals surface area contributed by atoms with Crippen LogP contribution in [0.25, 0.3) is 10.4 Å². The van der Waals surface area contributed by atoms with Crippen LogP contribution in [0.4, 0.5) is 11.5 Å². The van der Waals surface area contributed by atoms with Crippen molar-refractivity contribution in [3.8, 4) is 27.7 Å². The second-order valence-electron chi connectivity index (χ2n) is 22.2. The van der Waals surface area contributed by atoms with E-state index in [0.717, 1.165) is 62.1 Å². The molecule has 2 aromatic heterocycles. The number of aryl methyl sites for hydroxylation is 3. The summed E-state index contributed by atoms with van der Waals surface area (Å²) >= 11 is 1.57. The van der Waals surface area contributed by atoms with Crippen molar-refractivity contribution in [3.05, 3.63) is 136 Å². The molecule has 6 atom stereocenters. The number of aromatic amines is 1. The maximum Gasteiger partial charge on any atom is 0.258 e. The third-order valence-electron chi connectivity index (χ3n) is 15.0. The number of carbonyl (C=O) groups excluding carboxylic acids is 5. The number of hydrogen-bond donors (Lipinski definition) is 6. The minimum atomic E-state index is -1.01. The van der Waals surface area contributed by atoms with E-state index in [9.17, 15) is 29.1 Å². The van der Waals surface area contributed by atoms with Crippen LogP contribution in [0.5, 0.6) is 17.2 Å². The predicted molar refractivity (Wildman–Crippen MR) is 313 cm³/mol. The zero-order chi connectivity index (χ0) is 58.0. The minimum Gasteiger partial charge on any atom is -0.497 e. The molecule has 19 nitrogen and oxygen atoms in total. The van der Waals surface area contributed by atoms with E-state index in [2.05, 4.69) is 60.1 Å². The number of aromatic nitrogens is 3. The van der Waals surface area contributed by atoms with Crippen LogP contribution in [0.3, 0.4) is 0 Å². The summed E-state index contributed by atoms with van der Waals surface area (Å²) in [4.78, 5) is 79.0. The number of methoxy groups -OCH3 is 2. The largest absolute Gasteiger partial charge is 0.497 e. The number of β-amino-alcohol motifs (C(OH)–C–C–N with tert-alkyl or cyclic N) is 1. The smallest absolute Gasteiger partial charge is 0.258 e. The molecular weight excluding hydrogens is 1050 g/mol. The van der Waals surface area contributed by atoms with Crippen molar-refractivity contribution in [2.75, 3.05) is 63.8 Å². The quantitative estimate of drug-likeness (QED) is 0.0407. The number of benzene rings is 4. The number of rotatable bonds is 22. The zero-order valence-electron chi connectivity index (χ0n) is 47.7. The van der Waals surface area contributed by atoms with Crippen LogP contribution in [0.1, 0.15) is 92.4 Å². The maximum atomic E-state index is 14.2. The number of ether oxygens (including phenoxy) is 3. The van der Waals surface area contributed by atoms with Gasteiger partial charge in [-0.2, -0.15) is 5.10 Å². The minimum absolute atomic E-state index is 0.0378. The first-order chi connectivity index (χ1) is 38.7. The molecule has 5 amide bonds. The Kier molecular flexibility index (Phi) is 19.5. The number of aliphatic hydroxyl groups is 1. The highest BCUT2D eigenvalue weighted by Gasteiger charge is 2.45. The van der Waals surface area contributed by atoms with Gasteiger partial charge in [-0.05, 0) is 123 Å². The number of likely N-dealkylation sites (tertiary alicyclic amines) is 1. The van der Waals surface area contributed by atoms with Gasteiger partial charge in [0.05, 0.1) is 49.0 Å². The Morgan fingerprint density at radius 1 is 0.802 bits per heavy atom. The molecule has 0 aliphatic carbocycles. The van der Waals surface area contributed by atoms with Crippen molar-refractivity contribution >= 4 is 52.4 Å². The fourth-order valence-electron chi connectivity index (χ4n) is 10.4. The third-order valence-corrected chi connectivity index (χ3v) is 16.0. The number of amides is 5. The van der Waals surface area contributed by atoms with Crippen molar-refractivity contribution in [1.82, 2.24) is 40.9 Å². The molecule has 2 aliphatic rings. The Morgan fingerprint density at radius 2 is 1.48 bits per heavy atom. The molecule has 0 saturated carbocycles. The van der Waals surface area contributed by atoms with Gasteiger partial charge in [-0.1, -0.05) is 57.2 Å². The molecule has 4 aromatic carbocycles. The van der Waals surface area contributed by atoms with Crippen LogP contribution in [-0.2, 0) is 38.4 Å². The lowest BCUT2D eigenvalue weighted by Gasteiger charge is -2.45. The number of piperazine rings is 1. The summed E-state index contributed by atoms with van der Waals surface area (Å²) in [6.45, 7) is 15.3. The van der Waals surface area contributed by atoms with Gasteiger partial charge >= 0.3 is 0 Å². The number of nitrogens with zero attached hydrogens (tertiary/aromatic N) is 5. The van der Waals surface area contributed by atoms with E-state index in [1.54, 1.807) is 37.7 Å². The average Bonchev–Trinajstić information content (AvgIpc) is 4.22. The van der Waals surface area contributed by atoms with E-state index in [4.69, 9.17) is 14.2 Å². The van der Waals surface area contributed by atoms with Gasteiger partial charge in [0, 0.05) is 73.8 Å². The Morgan fingerprint density at radius 3 is 2.11 bits per heavy atom. The molecule has 0 unspecified atom stereocenters. The summed E-state index contributed by atoms with van der Waals surface area (Å²) in [5, 5.41) is 29.9. The molecule has 2 saturated heterocycles. The summed E-state index contributed by atoms with van der Waals surface area (Å²) in [7, 11) is 3.25. The van der Waals surface area contributed by atoms with E-state index in [1.807, 2.05) is 125 Å². The molecular formula is C61H76N10O9S.